The first kappa shape index (κ1) is 52.6. The number of aliphatic hydroxyl groups excluding tert-OH is 2. The molecule has 10 nitrogen and oxygen atoms in total. The molecule has 8 bridgehead atoms. The van der Waals surface area contributed by atoms with Crippen LogP contribution in [0.3, 0.4) is 0 Å². The van der Waals surface area contributed by atoms with E-state index in [0.29, 0.717) is 71.3 Å². The van der Waals surface area contributed by atoms with Crippen molar-refractivity contribution >= 4 is 33.1 Å². The minimum absolute atomic E-state index is 0.00232. The Hall–Kier alpha value is -5.26. The molecule has 2 aliphatic heterocycles. The lowest BCUT2D eigenvalue weighted by Crippen LogP contribution is -2.24. The van der Waals surface area contributed by atoms with E-state index in [4.69, 9.17) is 16.2 Å². The predicted octanol–water partition coefficient (Wildman–Crippen LogP) is 10.2. The number of allylic oxidation sites excluding steroid dienone is 5. The number of nitrogens with zero attached hydrogens (tertiary/aromatic N) is 1. The number of phenolic OH excluding ortho intramolecular Hbond substituents is 2. The highest BCUT2D eigenvalue weighted by Gasteiger charge is 2.43. The molecule has 3 aliphatic carbocycles. The van der Waals surface area contributed by atoms with Gasteiger partial charge in [-0.1, -0.05) is 107 Å². The van der Waals surface area contributed by atoms with Crippen LogP contribution in [0.15, 0.2) is 120 Å². The number of benzene rings is 4. The second kappa shape index (κ2) is 24.4. The van der Waals surface area contributed by atoms with Gasteiger partial charge in [-0.3, -0.25) is 9.79 Å². The Morgan fingerprint density at radius 3 is 2.49 bits per heavy atom. The van der Waals surface area contributed by atoms with Crippen LogP contribution >= 0.6 is 21.6 Å². The third-order valence-electron chi connectivity index (χ3n) is 16.1. The number of ether oxygens (including phenoxy) is 1. The number of aromatic hydroxyl groups is 2. The molecule has 0 spiro atoms. The fourth-order valence-electron chi connectivity index (χ4n) is 11.9. The molecule has 384 valence electrons. The second-order valence-corrected chi connectivity index (χ2v) is 23.6. The van der Waals surface area contributed by atoms with Crippen molar-refractivity contribution in [3.63, 3.8) is 0 Å². The van der Waals surface area contributed by atoms with E-state index in [-0.39, 0.29) is 60.4 Å². The lowest BCUT2D eigenvalue weighted by Gasteiger charge is -2.30. The third-order valence-corrected chi connectivity index (χ3v) is 18.5. The Labute approximate surface area is 438 Å². The van der Waals surface area contributed by atoms with Gasteiger partial charge in [-0.15, -0.1) is 5.76 Å². The molecule has 0 unspecified atom stereocenters. The molecule has 6 atom stereocenters. The third kappa shape index (κ3) is 13.4. The zero-order valence-electron chi connectivity index (χ0n) is 41.7. The number of rotatable bonds is 10. The summed E-state index contributed by atoms with van der Waals surface area (Å²) in [5.74, 6) is 8.15. The lowest BCUT2D eigenvalue weighted by molar-refractivity contribution is -0.307. The molecular weight excluding hydrogens is 951 g/mol. The first-order chi connectivity index (χ1) is 35.4. The van der Waals surface area contributed by atoms with Crippen LogP contribution in [-0.4, -0.2) is 56.5 Å². The van der Waals surface area contributed by atoms with Crippen molar-refractivity contribution in [2.45, 2.75) is 133 Å². The van der Waals surface area contributed by atoms with Crippen molar-refractivity contribution in [3.8, 4) is 29.1 Å². The number of aryl methyl sites for hydroxylation is 2. The quantitative estimate of drug-likeness (QED) is 0.0503. The summed E-state index contributed by atoms with van der Waals surface area (Å²) < 4.78 is 6.19. The fraction of sp³-hybridized carbons (Fsp3) is 0.443. The molecule has 0 amide bonds. The monoisotopic (exact) mass is 1020 g/mol. The normalized spacial score (nSPS) is 24.1. The molecule has 9 rings (SSSR count). The summed E-state index contributed by atoms with van der Waals surface area (Å²) in [6, 6.07) is 25.2. The number of hydrogen-bond acceptors (Lipinski definition) is 12. The summed E-state index contributed by atoms with van der Waals surface area (Å²) >= 11 is 0. The van der Waals surface area contributed by atoms with Gasteiger partial charge in [0.25, 0.3) is 0 Å². The Kier molecular flexibility index (Phi) is 17.6. The minimum Gasteiger partial charge on any atom is -0.875 e. The molecule has 4 aromatic rings. The average molecular weight is 1020 g/mol. The molecule has 0 saturated heterocycles. The number of ketones is 1. The number of aliphatic imine (C=N–C) groups is 1. The van der Waals surface area contributed by atoms with Crippen LogP contribution in [0.1, 0.15) is 140 Å². The maximum absolute atomic E-state index is 14.3. The molecule has 2 fully saturated rings. The number of carbonyl (C=O) groups excluding carboxylic acids is 1. The van der Waals surface area contributed by atoms with E-state index in [1.165, 1.54) is 18.4 Å². The van der Waals surface area contributed by atoms with Gasteiger partial charge in [0.15, 0.2) is 17.3 Å². The highest BCUT2D eigenvalue weighted by molar-refractivity contribution is 8.76. The van der Waals surface area contributed by atoms with Gasteiger partial charge in [-0.25, -0.2) is 0 Å². The van der Waals surface area contributed by atoms with Gasteiger partial charge in [-0.05, 0) is 169 Å². The molecule has 73 heavy (non-hydrogen) atoms. The molecule has 0 aromatic heterocycles. The zero-order valence-corrected chi connectivity index (χ0v) is 43.4. The van der Waals surface area contributed by atoms with E-state index < -0.39 is 23.6 Å². The first-order valence-corrected chi connectivity index (χ1v) is 28.8. The summed E-state index contributed by atoms with van der Waals surface area (Å²) in [7, 11) is 3.37. The zero-order chi connectivity index (χ0) is 50.9. The van der Waals surface area contributed by atoms with Crippen molar-refractivity contribution < 1.29 is 35.1 Å². The van der Waals surface area contributed by atoms with Gasteiger partial charge >= 0.3 is 0 Å². The van der Waals surface area contributed by atoms with Crippen LogP contribution in [0.25, 0.3) is 0 Å². The SMILES string of the molecule is NC(N)c1cc2c3cc1CSSC[C@@H]1C[C@](CC[C@H](CCc4ccccc4)C[C@H](O)C4CCCC4)(/C=C/C(=O)CCc4ccc(O)c(c4)OCCc4ccc(O)c(c4)[C@@H]3CC([O-])=C3C=CN=C3CC#C2)C[C@H]1O. The molecule has 4 aromatic carbocycles. The Morgan fingerprint density at radius 2 is 1.68 bits per heavy atom. The summed E-state index contributed by atoms with van der Waals surface area (Å²) in [6.45, 7) is 0.218. The van der Waals surface area contributed by atoms with Crippen molar-refractivity contribution in [2.24, 2.45) is 39.6 Å². The summed E-state index contributed by atoms with van der Waals surface area (Å²) in [4.78, 5) is 18.3. The van der Waals surface area contributed by atoms with Gasteiger partial charge in [0, 0.05) is 47.6 Å². The van der Waals surface area contributed by atoms with Crippen molar-refractivity contribution in [1.29, 1.82) is 0 Å². The highest BCUT2D eigenvalue weighted by atomic mass is 33.1. The van der Waals surface area contributed by atoms with Gasteiger partial charge in [0.05, 0.1) is 37.1 Å². The predicted molar refractivity (Wildman–Crippen MR) is 292 cm³/mol. The summed E-state index contributed by atoms with van der Waals surface area (Å²) in [5, 5.41) is 60.2. The van der Waals surface area contributed by atoms with E-state index in [9.17, 15) is 30.3 Å². The maximum atomic E-state index is 14.3. The number of phenols is 2. The number of aliphatic hydroxyl groups is 2. The Bertz CT molecular complexity index is 2790. The van der Waals surface area contributed by atoms with Crippen LogP contribution in [0, 0.1) is 35.0 Å². The standard InChI is InChI=1S/C61H71N3O7S2/c62-60(63)50-32-44-11-6-12-53-48(23-27-64-53)57(69)34-51-49(44)33-45(50)37-72-73-38-46-35-61(36-58(46)70,25-21-41(14-13-39-7-2-1-3-8-39)30-56(68)43-9-4-5-10-43)26-22-47(65)18-15-40-17-20-55(67)59(31-40)71-28-24-42-16-19-54(66)52(51)29-42/h1-3,7-8,16-17,19-20,22-23,26-27,29,31-33,41,43,46,51,56,58,60,66-70H,4-5,9-10,12-15,18,21,24-25,28,30,34-38,62-63H2/p-1/b26-22+,57-48?/t41-,46-,51+,56-,58+,61-/m0/s1. The van der Waals surface area contributed by atoms with Crippen LogP contribution in [0.4, 0.5) is 0 Å². The highest BCUT2D eigenvalue weighted by Crippen LogP contribution is 2.50. The van der Waals surface area contributed by atoms with E-state index in [0.717, 1.165) is 79.2 Å². The van der Waals surface area contributed by atoms with Crippen LogP contribution in [0.2, 0.25) is 0 Å². The van der Waals surface area contributed by atoms with E-state index in [1.54, 1.807) is 58.1 Å². The molecule has 12 heteroatoms. The van der Waals surface area contributed by atoms with E-state index in [2.05, 4.69) is 53.2 Å². The van der Waals surface area contributed by atoms with Crippen molar-refractivity contribution in [2.75, 3.05) is 12.4 Å². The molecule has 0 radical (unpaired) electrons. The molecule has 2 saturated carbocycles. The number of hydrogen-bond donors (Lipinski definition) is 6. The van der Waals surface area contributed by atoms with Crippen molar-refractivity contribution in [1.82, 2.24) is 0 Å². The minimum atomic E-state index is -0.804. The average Bonchev–Trinajstić information content (AvgIpc) is 4.17. The number of nitrogens with two attached hydrogens (primary N) is 2. The van der Waals surface area contributed by atoms with Crippen molar-refractivity contribution in [3.05, 3.63) is 159 Å². The van der Waals surface area contributed by atoms with Crippen LogP contribution in [0.5, 0.6) is 17.2 Å². The number of carbonyl (C=O) groups is 1. The van der Waals surface area contributed by atoms with Crippen LogP contribution in [-0.2, 0) is 29.8 Å². The summed E-state index contributed by atoms with van der Waals surface area (Å²) in [5.41, 5.74) is 20.5. The lowest BCUT2D eigenvalue weighted by atomic mass is 9.76. The van der Waals surface area contributed by atoms with Gasteiger partial charge in [0.1, 0.15) is 5.75 Å². The molecule has 2 heterocycles. The molecule has 8 N–H and O–H groups in total. The van der Waals surface area contributed by atoms with E-state index in [1.807, 2.05) is 30.3 Å². The topological polar surface area (TPSA) is 195 Å². The number of fused-ring (bicyclic) bond motifs is 9. The van der Waals surface area contributed by atoms with Crippen LogP contribution < -0.4 is 21.3 Å². The largest absolute Gasteiger partial charge is 0.875 e. The Morgan fingerprint density at radius 1 is 0.890 bits per heavy atom. The molecular formula is C61H70N3O7S2-. The fourth-order valence-corrected chi connectivity index (χ4v) is 14.4. The van der Waals surface area contributed by atoms with Gasteiger partial charge in [-0.2, -0.15) is 0 Å². The first-order valence-electron chi connectivity index (χ1n) is 26.3. The maximum Gasteiger partial charge on any atom is 0.161 e. The van der Waals surface area contributed by atoms with E-state index >= 15 is 0 Å². The summed E-state index contributed by atoms with van der Waals surface area (Å²) in [6.07, 6.45) is 17.2. The van der Waals surface area contributed by atoms with Gasteiger partial charge < -0.3 is 41.7 Å². The van der Waals surface area contributed by atoms with Gasteiger partial charge in [0.2, 0.25) is 0 Å². The Balaban J connectivity index is 1.03. The second-order valence-electron chi connectivity index (χ2n) is 21.1. The smallest absolute Gasteiger partial charge is 0.161 e. The molecule has 5 aliphatic rings.